The van der Waals surface area contributed by atoms with Crippen molar-refractivity contribution < 1.29 is 17.9 Å². The van der Waals surface area contributed by atoms with Crippen molar-refractivity contribution in [3.8, 4) is 0 Å². The van der Waals surface area contributed by atoms with Crippen molar-refractivity contribution in [3.05, 3.63) is 64.2 Å². The monoisotopic (exact) mass is 367 g/mol. The highest BCUT2D eigenvalue weighted by atomic mass is 35.5. The molecule has 0 aliphatic rings. The van der Waals surface area contributed by atoms with Gasteiger partial charge in [0, 0.05) is 5.02 Å². The number of carbonyl (C=O) groups is 1. The molecule has 2 aromatic carbocycles. The Morgan fingerprint density at radius 3 is 2.54 bits per heavy atom. The molecule has 0 aromatic heterocycles. The Morgan fingerprint density at radius 1 is 1.17 bits per heavy atom. The van der Waals surface area contributed by atoms with Gasteiger partial charge in [0.1, 0.15) is 6.61 Å². The summed E-state index contributed by atoms with van der Waals surface area (Å²) in [4.78, 5) is 11.9. The molecular weight excluding hydrogens is 350 g/mol. The van der Waals surface area contributed by atoms with Crippen LogP contribution < -0.4 is 4.72 Å². The first-order chi connectivity index (χ1) is 11.3. The molecule has 0 spiro atoms. The molecule has 0 aliphatic carbocycles. The Bertz CT molecular complexity index is 849. The molecule has 0 radical (unpaired) electrons. The van der Waals surface area contributed by atoms with Gasteiger partial charge in [-0.3, -0.25) is 4.79 Å². The fourth-order valence-corrected chi connectivity index (χ4v) is 3.59. The number of amides is 1. The van der Waals surface area contributed by atoms with Gasteiger partial charge in [0.05, 0.1) is 11.5 Å². The third kappa shape index (κ3) is 4.80. The lowest BCUT2D eigenvalue weighted by molar-refractivity contribution is -0.124. The van der Waals surface area contributed by atoms with E-state index in [0.717, 1.165) is 11.1 Å². The van der Waals surface area contributed by atoms with Crippen LogP contribution in [-0.2, 0) is 26.2 Å². The van der Waals surface area contributed by atoms with Crippen LogP contribution in [-0.4, -0.2) is 20.9 Å². The van der Waals surface area contributed by atoms with Crippen LogP contribution in [0.2, 0.25) is 5.02 Å². The van der Waals surface area contributed by atoms with Crippen LogP contribution in [0.3, 0.4) is 0 Å². The maximum Gasteiger partial charge on any atom is 0.264 e. The van der Waals surface area contributed by atoms with Crippen LogP contribution in [0.5, 0.6) is 0 Å². The maximum atomic E-state index is 12.3. The lowest BCUT2D eigenvalue weighted by Gasteiger charge is -2.10. The second kappa shape index (κ2) is 7.79. The quantitative estimate of drug-likeness (QED) is 0.851. The largest absolute Gasteiger partial charge is 0.367 e. The summed E-state index contributed by atoms with van der Waals surface area (Å²) < 4.78 is 31.7. The van der Waals surface area contributed by atoms with Crippen molar-refractivity contribution in [2.45, 2.75) is 25.3 Å². The minimum Gasteiger partial charge on any atom is -0.367 e. The number of rotatable bonds is 6. The molecule has 2 aromatic rings. The molecule has 1 amide bonds. The van der Waals surface area contributed by atoms with Gasteiger partial charge in [-0.2, -0.15) is 0 Å². The summed E-state index contributed by atoms with van der Waals surface area (Å²) in [5.74, 6) is -0.734. The Morgan fingerprint density at radius 2 is 1.88 bits per heavy atom. The molecule has 24 heavy (non-hydrogen) atoms. The maximum absolute atomic E-state index is 12.3. The van der Waals surface area contributed by atoms with E-state index >= 15 is 0 Å². The normalized spacial score (nSPS) is 11.3. The Labute approximate surface area is 146 Å². The van der Waals surface area contributed by atoms with Gasteiger partial charge in [0.2, 0.25) is 0 Å². The number of aryl methyl sites for hydroxylation is 2. The highest BCUT2D eigenvalue weighted by Gasteiger charge is 2.19. The first-order valence-corrected chi connectivity index (χ1v) is 9.10. The summed E-state index contributed by atoms with van der Waals surface area (Å²) >= 11 is 5.98. The molecule has 0 bridgehead atoms. The summed E-state index contributed by atoms with van der Waals surface area (Å²) in [5.41, 5.74) is 2.25. The molecule has 0 aliphatic heterocycles. The topological polar surface area (TPSA) is 72.5 Å². The Kier molecular flexibility index (Phi) is 5.99. The minimum atomic E-state index is -3.92. The molecule has 0 atom stereocenters. The van der Waals surface area contributed by atoms with Gasteiger partial charge >= 0.3 is 0 Å². The van der Waals surface area contributed by atoms with E-state index in [1.807, 2.05) is 11.6 Å². The third-order valence-electron chi connectivity index (χ3n) is 3.32. The van der Waals surface area contributed by atoms with Gasteiger partial charge < -0.3 is 4.74 Å². The number of hydrogen-bond donors (Lipinski definition) is 1. The highest BCUT2D eigenvalue weighted by Crippen LogP contribution is 2.17. The van der Waals surface area contributed by atoms with Crippen LogP contribution >= 0.6 is 11.6 Å². The molecule has 128 valence electrons. The van der Waals surface area contributed by atoms with Crippen LogP contribution in [0.4, 0.5) is 0 Å². The first kappa shape index (κ1) is 18.4. The summed E-state index contributed by atoms with van der Waals surface area (Å²) in [6, 6.07) is 12.0. The average Bonchev–Trinajstić information content (AvgIpc) is 2.48. The lowest BCUT2D eigenvalue weighted by atomic mass is 10.2. The van der Waals surface area contributed by atoms with Gasteiger partial charge in [-0.1, -0.05) is 47.5 Å². The highest BCUT2D eigenvalue weighted by molar-refractivity contribution is 7.90. The van der Waals surface area contributed by atoms with Crippen LogP contribution in [0.15, 0.2) is 47.4 Å². The Balaban J connectivity index is 1.95. The third-order valence-corrected chi connectivity index (χ3v) is 5.22. The SMILES string of the molecule is Cc1ccc(S(=O)(=O)NC(=O)COCc2ccccc2Cl)c(C)c1. The van der Waals surface area contributed by atoms with E-state index in [0.29, 0.717) is 10.6 Å². The fourth-order valence-electron chi connectivity index (χ4n) is 2.20. The van der Waals surface area contributed by atoms with Crippen LogP contribution in [0.1, 0.15) is 16.7 Å². The lowest BCUT2D eigenvalue weighted by Crippen LogP contribution is -2.33. The minimum absolute atomic E-state index is 0.0764. The number of ether oxygens (including phenoxy) is 1. The molecule has 0 unspecified atom stereocenters. The van der Waals surface area contributed by atoms with Gasteiger partial charge in [-0.05, 0) is 37.1 Å². The fraction of sp³-hybridized carbons (Fsp3) is 0.235. The number of carbonyl (C=O) groups excluding carboxylic acids is 1. The van der Waals surface area contributed by atoms with Crippen molar-refractivity contribution in [3.63, 3.8) is 0 Å². The van der Waals surface area contributed by atoms with Crippen molar-refractivity contribution in [1.82, 2.24) is 4.72 Å². The molecule has 7 heteroatoms. The molecule has 0 saturated heterocycles. The summed E-state index contributed by atoms with van der Waals surface area (Å²) in [5, 5.41) is 0.529. The first-order valence-electron chi connectivity index (χ1n) is 7.23. The van der Waals surface area contributed by atoms with Gasteiger partial charge in [-0.15, -0.1) is 0 Å². The van der Waals surface area contributed by atoms with E-state index in [9.17, 15) is 13.2 Å². The number of nitrogens with one attached hydrogen (secondary N) is 1. The smallest absolute Gasteiger partial charge is 0.264 e. The van der Waals surface area contributed by atoms with Gasteiger partial charge in [0.25, 0.3) is 15.9 Å². The Hall–Kier alpha value is -1.89. The predicted octanol–water partition coefficient (Wildman–Crippen LogP) is 2.98. The second-order valence-electron chi connectivity index (χ2n) is 5.38. The zero-order valence-electron chi connectivity index (χ0n) is 13.4. The van der Waals surface area contributed by atoms with Crippen LogP contribution in [0.25, 0.3) is 0 Å². The molecule has 0 fully saturated rings. The van der Waals surface area contributed by atoms with E-state index < -0.39 is 15.9 Å². The molecule has 1 N–H and O–H groups in total. The van der Waals surface area contributed by atoms with Crippen LogP contribution in [0, 0.1) is 13.8 Å². The number of benzene rings is 2. The predicted molar refractivity (Wildman–Crippen MR) is 92.4 cm³/mol. The number of hydrogen-bond acceptors (Lipinski definition) is 4. The summed E-state index contributed by atoms with van der Waals surface area (Å²) in [6.45, 7) is 3.29. The van der Waals surface area contributed by atoms with Crippen molar-refractivity contribution in [2.75, 3.05) is 6.61 Å². The summed E-state index contributed by atoms with van der Waals surface area (Å²) in [7, 11) is -3.92. The number of sulfonamides is 1. The van der Waals surface area contributed by atoms with E-state index in [1.165, 1.54) is 6.07 Å². The van der Waals surface area contributed by atoms with Crippen molar-refractivity contribution in [2.24, 2.45) is 0 Å². The molecule has 5 nitrogen and oxygen atoms in total. The average molecular weight is 368 g/mol. The molecule has 0 heterocycles. The number of halogens is 1. The van der Waals surface area contributed by atoms with Crippen molar-refractivity contribution >= 4 is 27.5 Å². The van der Waals surface area contributed by atoms with Gasteiger partial charge in [-0.25, -0.2) is 13.1 Å². The zero-order valence-corrected chi connectivity index (χ0v) is 14.9. The van der Waals surface area contributed by atoms with E-state index in [4.69, 9.17) is 16.3 Å². The van der Waals surface area contributed by atoms with Gasteiger partial charge in [0.15, 0.2) is 0 Å². The summed E-state index contributed by atoms with van der Waals surface area (Å²) in [6.07, 6.45) is 0. The van der Waals surface area contributed by atoms with E-state index in [-0.39, 0.29) is 18.1 Å². The van der Waals surface area contributed by atoms with Crippen molar-refractivity contribution in [1.29, 1.82) is 0 Å². The second-order valence-corrected chi connectivity index (χ2v) is 7.44. The molecular formula is C17H18ClNO4S. The molecule has 2 rings (SSSR count). The zero-order chi connectivity index (χ0) is 17.7. The van der Waals surface area contributed by atoms with E-state index in [1.54, 1.807) is 43.3 Å². The van der Waals surface area contributed by atoms with E-state index in [2.05, 4.69) is 0 Å². The molecule has 0 saturated carbocycles. The standard InChI is InChI=1S/C17H18ClNO4S/c1-12-7-8-16(13(2)9-12)24(21,22)19-17(20)11-23-10-14-5-3-4-6-15(14)18/h3-9H,10-11H2,1-2H3,(H,19,20).